The monoisotopic (exact) mass is 312 g/mol. The quantitative estimate of drug-likeness (QED) is 0.877. The summed E-state index contributed by atoms with van der Waals surface area (Å²) in [5.74, 6) is -0.131. The number of carbonyl (C=O) groups excluding carboxylic acids is 1. The van der Waals surface area contributed by atoms with Gasteiger partial charge in [-0.2, -0.15) is 0 Å². The molecule has 1 atom stereocenters. The van der Waals surface area contributed by atoms with Gasteiger partial charge in [0.15, 0.2) is 0 Å². The molecule has 3 nitrogen and oxygen atoms in total. The van der Waals surface area contributed by atoms with Gasteiger partial charge in [-0.1, -0.05) is 35.0 Å². The number of rotatable bonds is 5. The van der Waals surface area contributed by atoms with Crippen LogP contribution in [0, 0.1) is 5.92 Å². The Morgan fingerprint density at radius 1 is 1.39 bits per heavy atom. The van der Waals surface area contributed by atoms with Crippen molar-refractivity contribution in [3.8, 4) is 0 Å². The zero-order valence-corrected chi connectivity index (χ0v) is 12.8. The third-order valence-electron chi connectivity index (χ3n) is 2.82. The number of amides is 1. The van der Waals surface area contributed by atoms with Crippen molar-refractivity contribution in [2.24, 2.45) is 11.7 Å². The third-order valence-corrected chi connectivity index (χ3v) is 3.35. The predicted molar refractivity (Wildman–Crippen MR) is 78.3 cm³/mol. The molecule has 0 aliphatic rings. The Hall–Kier alpha value is -0.870. The van der Waals surface area contributed by atoms with E-state index in [1.165, 1.54) is 5.56 Å². The Kier molecular flexibility index (Phi) is 5.35. The van der Waals surface area contributed by atoms with Crippen LogP contribution in [0.1, 0.15) is 26.3 Å². The van der Waals surface area contributed by atoms with Crippen molar-refractivity contribution in [2.45, 2.75) is 32.7 Å². The van der Waals surface area contributed by atoms with E-state index in [0.29, 0.717) is 6.54 Å². The van der Waals surface area contributed by atoms with Crippen molar-refractivity contribution in [1.29, 1.82) is 0 Å². The summed E-state index contributed by atoms with van der Waals surface area (Å²) in [6, 6.07) is 8.14. The van der Waals surface area contributed by atoms with Crippen molar-refractivity contribution in [2.75, 3.05) is 6.54 Å². The van der Waals surface area contributed by atoms with Gasteiger partial charge in [-0.05, 0) is 38.0 Å². The van der Waals surface area contributed by atoms with Gasteiger partial charge >= 0.3 is 0 Å². The molecule has 0 fully saturated rings. The van der Waals surface area contributed by atoms with Crippen LogP contribution in [0.4, 0.5) is 0 Å². The molecule has 0 heterocycles. The second-order valence-corrected chi connectivity index (χ2v) is 6.23. The Labute approximate surface area is 117 Å². The maximum atomic E-state index is 11.8. The smallest absolute Gasteiger partial charge is 0.224 e. The summed E-state index contributed by atoms with van der Waals surface area (Å²) in [6.45, 7) is 6.26. The molecule has 0 aliphatic heterocycles. The van der Waals surface area contributed by atoms with Crippen LogP contribution in [-0.2, 0) is 11.2 Å². The molecule has 0 saturated heterocycles. The third kappa shape index (κ3) is 4.78. The number of nitrogens with one attached hydrogen (secondary N) is 1. The van der Waals surface area contributed by atoms with Gasteiger partial charge in [0.25, 0.3) is 0 Å². The van der Waals surface area contributed by atoms with Crippen LogP contribution in [-0.4, -0.2) is 18.0 Å². The lowest BCUT2D eigenvalue weighted by Crippen LogP contribution is -2.48. The van der Waals surface area contributed by atoms with Crippen LogP contribution in [0.3, 0.4) is 0 Å². The zero-order chi connectivity index (χ0) is 13.8. The molecule has 1 amide bonds. The van der Waals surface area contributed by atoms with Crippen LogP contribution in [0.5, 0.6) is 0 Å². The van der Waals surface area contributed by atoms with E-state index in [4.69, 9.17) is 5.73 Å². The van der Waals surface area contributed by atoms with Gasteiger partial charge in [0.05, 0.1) is 0 Å². The second kappa shape index (κ2) is 6.34. The second-order valence-electron chi connectivity index (χ2n) is 5.31. The van der Waals surface area contributed by atoms with Gasteiger partial charge < -0.3 is 11.1 Å². The molecule has 100 valence electrons. The summed E-state index contributed by atoms with van der Waals surface area (Å²) in [5, 5.41) is 3.04. The van der Waals surface area contributed by atoms with Crippen molar-refractivity contribution >= 4 is 21.8 Å². The largest absolute Gasteiger partial charge is 0.351 e. The molecule has 1 unspecified atom stereocenters. The molecule has 0 aliphatic carbocycles. The van der Waals surface area contributed by atoms with Crippen molar-refractivity contribution < 1.29 is 4.79 Å². The molecule has 0 saturated carbocycles. The first-order valence-electron chi connectivity index (χ1n) is 6.10. The Morgan fingerprint density at radius 2 is 1.94 bits per heavy atom. The van der Waals surface area contributed by atoms with E-state index in [1.54, 1.807) is 0 Å². The summed E-state index contributed by atoms with van der Waals surface area (Å²) in [6.07, 6.45) is 0.795. The van der Waals surface area contributed by atoms with Gasteiger partial charge in [-0.3, -0.25) is 4.79 Å². The molecule has 3 N–H and O–H groups in total. The normalized spacial score (nSPS) is 13.2. The minimum atomic E-state index is -0.270. The summed E-state index contributed by atoms with van der Waals surface area (Å²) in [5.41, 5.74) is 6.42. The van der Waals surface area contributed by atoms with Crippen molar-refractivity contribution in [3.63, 3.8) is 0 Å². The maximum Gasteiger partial charge on any atom is 0.224 e. The number of carbonyl (C=O) groups is 1. The average molecular weight is 313 g/mol. The molecule has 1 aromatic carbocycles. The molecule has 0 bridgehead atoms. The highest BCUT2D eigenvalue weighted by Crippen LogP contribution is 2.16. The van der Waals surface area contributed by atoms with Gasteiger partial charge in [-0.15, -0.1) is 0 Å². The number of benzene rings is 1. The van der Waals surface area contributed by atoms with E-state index in [1.807, 2.05) is 32.9 Å². The lowest BCUT2D eigenvalue weighted by Gasteiger charge is -2.28. The fraction of sp³-hybridized carbons (Fsp3) is 0.500. The summed E-state index contributed by atoms with van der Waals surface area (Å²) in [7, 11) is 0. The van der Waals surface area contributed by atoms with Gasteiger partial charge in [0, 0.05) is 22.5 Å². The maximum absolute atomic E-state index is 11.8. The number of hydrogen-bond donors (Lipinski definition) is 2. The van der Waals surface area contributed by atoms with E-state index in [9.17, 15) is 4.79 Å². The van der Waals surface area contributed by atoms with E-state index in [-0.39, 0.29) is 17.4 Å². The first-order valence-corrected chi connectivity index (χ1v) is 6.90. The Morgan fingerprint density at radius 3 is 2.44 bits per heavy atom. The van der Waals surface area contributed by atoms with Gasteiger partial charge in [0.1, 0.15) is 0 Å². The Bertz CT molecular complexity index is 401. The van der Waals surface area contributed by atoms with Crippen LogP contribution in [0.2, 0.25) is 0 Å². The minimum absolute atomic E-state index is 0.0135. The molecule has 1 rings (SSSR count). The number of hydrogen-bond acceptors (Lipinski definition) is 2. The highest BCUT2D eigenvalue weighted by Gasteiger charge is 2.23. The van der Waals surface area contributed by atoms with Crippen LogP contribution >= 0.6 is 15.9 Å². The molecule has 0 aromatic heterocycles. The Balaban J connectivity index is 2.64. The first-order chi connectivity index (χ1) is 8.34. The minimum Gasteiger partial charge on any atom is -0.351 e. The van der Waals surface area contributed by atoms with Crippen molar-refractivity contribution in [3.05, 3.63) is 34.3 Å². The zero-order valence-electron chi connectivity index (χ0n) is 11.2. The molecule has 0 spiro atoms. The van der Waals surface area contributed by atoms with Gasteiger partial charge in [0.2, 0.25) is 5.91 Å². The fourth-order valence-corrected chi connectivity index (χ4v) is 1.98. The number of nitrogens with two attached hydrogens (primary N) is 1. The predicted octanol–water partition coefficient (Wildman–Crippen LogP) is 2.48. The topological polar surface area (TPSA) is 55.1 Å². The average Bonchev–Trinajstić information content (AvgIpc) is 2.30. The fourth-order valence-electron chi connectivity index (χ4n) is 1.72. The van der Waals surface area contributed by atoms with E-state index < -0.39 is 0 Å². The number of halogens is 1. The molecular formula is C14H21BrN2O. The highest BCUT2D eigenvalue weighted by atomic mass is 79.9. The van der Waals surface area contributed by atoms with Crippen LogP contribution in [0.15, 0.2) is 28.7 Å². The van der Waals surface area contributed by atoms with E-state index >= 15 is 0 Å². The van der Waals surface area contributed by atoms with Crippen LogP contribution in [0.25, 0.3) is 0 Å². The molecule has 4 heteroatoms. The van der Waals surface area contributed by atoms with E-state index in [0.717, 1.165) is 10.9 Å². The summed E-state index contributed by atoms with van der Waals surface area (Å²) < 4.78 is 1.06. The standard InChI is InChI=1S/C14H21BrN2O/c1-10(9-16)13(18)17-14(2,3)8-11-4-6-12(15)7-5-11/h4-7,10H,8-9,16H2,1-3H3,(H,17,18). The van der Waals surface area contributed by atoms with Crippen molar-refractivity contribution in [1.82, 2.24) is 5.32 Å². The molecule has 1 aromatic rings. The molecule has 0 radical (unpaired) electrons. The van der Waals surface area contributed by atoms with Crippen LogP contribution < -0.4 is 11.1 Å². The van der Waals surface area contributed by atoms with Gasteiger partial charge in [-0.25, -0.2) is 0 Å². The lowest BCUT2D eigenvalue weighted by atomic mass is 9.94. The van der Waals surface area contributed by atoms with E-state index in [2.05, 4.69) is 33.4 Å². The summed E-state index contributed by atoms with van der Waals surface area (Å²) >= 11 is 3.41. The summed E-state index contributed by atoms with van der Waals surface area (Å²) in [4.78, 5) is 11.8. The highest BCUT2D eigenvalue weighted by molar-refractivity contribution is 9.10. The molecule has 18 heavy (non-hydrogen) atoms. The molecular weight excluding hydrogens is 292 g/mol. The lowest BCUT2D eigenvalue weighted by molar-refractivity contribution is -0.125. The SMILES string of the molecule is CC(CN)C(=O)NC(C)(C)Cc1ccc(Br)cc1. The first kappa shape index (κ1) is 15.2.